The van der Waals surface area contributed by atoms with Crippen LogP contribution >= 0.6 is 11.8 Å². The Bertz CT molecular complexity index is 576. The number of carbonyl (C=O) groups is 1. The first-order valence-electron chi connectivity index (χ1n) is 5.67. The topological polar surface area (TPSA) is 43.1 Å². The van der Waals surface area contributed by atoms with Gasteiger partial charge in [-0.3, -0.25) is 4.79 Å². The predicted octanol–water partition coefficient (Wildman–Crippen LogP) is 3.53. The average molecular weight is 257 g/mol. The molecule has 0 aliphatic heterocycles. The molecule has 0 aliphatic carbocycles. The second-order valence-electron chi connectivity index (χ2n) is 4.12. The normalized spacial score (nSPS) is 10.3. The smallest absolute Gasteiger partial charge is 0.196 e. The zero-order valence-electron chi connectivity index (χ0n) is 10.4. The van der Waals surface area contributed by atoms with Crippen molar-refractivity contribution in [3.8, 4) is 0 Å². The number of ketones is 1. The van der Waals surface area contributed by atoms with Crippen molar-refractivity contribution in [3.05, 3.63) is 59.2 Å². The minimum absolute atomic E-state index is 0.0162. The molecule has 2 nitrogen and oxygen atoms in total. The zero-order valence-corrected chi connectivity index (χ0v) is 11.3. The summed E-state index contributed by atoms with van der Waals surface area (Å²) in [7, 11) is 0. The third-order valence-electron chi connectivity index (χ3n) is 2.82. The van der Waals surface area contributed by atoms with Crippen LogP contribution in [0.2, 0.25) is 0 Å². The minimum Gasteiger partial charge on any atom is -0.398 e. The third-order valence-corrected chi connectivity index (χ3v) is 3.60. The minimum atomic E-state index is -0.0162. The predicted molar refractivity (Wildman–Crippen MR) is 77.2 cm³/mol. The molecule has 92 valence electrons. The van der Waals surface area contributed by atoms with Gasteiger partial charge in [0.1, 0.15) is 0 Å². The monoisotopic (exact) mass is 257 g/mol. The molecule has 0 amide bonds. The third kappa shape index (κ3) is 2.41. The lowest BCUT2D eigenvalue weighted by atomic mass is 10.0. The molecule has 18 heavy (non-hydrogen) atoms. The van der Waals surface area contributed by atoms with Crippen molar-refractivity contribution in [1.29, 1.82) is 0 Å². The number of thioether (sulfide) groups is 1. The fourth-order valence-corrected chi connectivity index (χ4v) is 2.44. The van der Waals surface area contributed by atoms with E-state index >= 15 is 0 Å². The van der Waals surface area contributed by atoms with E-state index in [0.717, 1.165) is 10.5 Å². The second-order valence-corrected chi connectivity index (χ2v) is 4.97. The number of nitrogen functional groups attached to an aromatic ring is 1. The standard InChI is InChI=1S/C15H15NOS/c1-10-6-8-11(9-7-10)15(17)14-12(16)4-3-5-13(14)18-2/h3-9H,16H2,1-2H3. The molecule has 0 atom stereocenters. The molecule has 0 fully saturated rings. The van der Waals surface area contributed by atoms with Gasteiger partial charge in [-0.05, 0) is 25.3 Å². The Morgan fingerprint density at radius 1 is 1.11 bits per heavy atom. The number of aryl methyl sites for hydroxylation is 1. The van der Waals surface area contributed by atoms with Gasteiger partial charge in [-0.2, -0.15) is 0 Å². The highest BCUT2D eigenvalue weighted by Gasteiger charge is 2.16. The maximum Gasteiger partial charge on any atom is 0.196 e. The van der Waals surface area contributed by atoms with E-state index in [1.54, 1.807) is 6.07 Å². The van der Waals surface area contributed by atoms with Gasteiger partial charge < -0.3 is 5.73 Å². The van der Waals surface area contributed by atoms with Gasteiger partial charge in [0.25, 0.3) is 0 Å². The van der Waals surface area contributed by atoms with E-state index < -0.39 is 0 Å². The van der Waals surface area contributed by atoms with Gasteiger partial charge in [0.15, 0.2) is 5.78 Å². The Kier molecular flexibility index (Phi) is 3.72. The summed E-state index contributed by atoms with van der Waals surface area (Å²) in [6, 6.07) is 13.1. The lowest BCUT2D eigenvalue weighted by molar-refractivity contribution is 0.103. The van der Waals surface area contributed by atoms with Crippen molar-refractivity contribution in [1.82, 2.24) is 0 Å². The number of carbonyl (C=O) groups excluding carboxylic acids is 1. The summed E-state index contributed by atoms with van der Waals surface area (Å²) >= 11 is 1.53. The van der Waals surface area contributed by atoms with Crippen LogP contribution in [0.5, 0.6) is 0 Å². The van der Waals surface area contributed by atoms with Crippen LogP contribution in [0.15, 0.2) is 47.4 Å². The molecule has 0 bridgehead atoms. The summed E-state index contributed by atoms with van der Waals surface area (Å²) in [5.41, 5.74) is 8.88. The van der Waals surface area contributed by atoms with Crippen LogP contribution in [0, 0.1) is 6.92 Å². The van der Waals surface area contributed by atoms with E-state index in [1.807, 2.05) is 49.6 Å². The van der Waals surface area contributed by atoms with Crippen molar-refractivity contribution < 1.29 is 4.79 Å². The average Bonchev–Trinajstić information content (AvgIpc) is 2.38. The summed E-state index contributed by atoms with van der Waals surface area (Å²) in [5, 5.41) is 0. The summed E-state index contributed by atoms with van der Waals surface area (Å²) in [6.07, 6.45) is 1.95. The molecule has 2 N–H and O–H groups in total. The molecule has 0 heterocycles. The summed E-state index contributed by atoms with van der Waals surface area (Å²) in [6.45, 7) is 2.00. The number of hydrogen-bond donors (Lipinski definition) is 1. The molecule has 0 saturated heterocycles. The Balaban J connectivity index is 2.49. The number of hydrogen-bond acceptors (Lipinski definition) is 3. The quantitative estimate of drug-likeness (QED) is 0.519. The molecule has 0 radical (unpaired) electrons. The van der Waals surface area contributed by atoms with Crippen LogP contribution in [0.25, 0.3) is 0 Å². The van der Waals surface area contributed by atoms with Gasteiger partial charge >= 0.3 is 0 Å². The summed E-state index contributed by atoms with van der Waals surface area (Å²) < 4.78 is 0. The highest BCUT2D eigenvalue weighted by molar-refractivity contribution is 7.98. The first-order valence-corrected chi connectivity index (χ1v) is 6.90. The van der Waals surface area contributed by atoms with E-state index in [2.05, 4.69) is 0 Å². The molecular weight excluding hydrogens is 242 g/mol. The summed E-state index contributed by atoms with van der Waals surface area (Å²) in [4.78, 5) is 13.4. The lowest BCUT2D eigenvalue weighted by Gasteiger charge is -2.09. The molecule has 2 rings (SSSR count). The lowest BCUT2D eigenvalue weighted by Crippen LogP contribution is -2.07. The van der Waals surface area contributed by atoms with Crippen LogP contribution < -0.4 is 5.73 Å². The Morgan fingerprint density at radius 3 is 2.39 bits per heavy atom. The van der Waals surface area contributed by atoms with Crippen molar-refractivity contribution >= 4 is 23.2 Å². The van der Waals surface area contributed by atoms with E-state index in [0.29, 0.717) is 16.8 Å². The van der Waals surface area contributed by atoms with Crippen molar-refractivity contribution in [2.75, 3.05) is 12.0 Å². The van der Waals surface area contributed by atoms with Gasteiger partial charge in [0, 0.05) is 16.1 Å². The molecular formula is C15H15NOS. The molecule has 2 aromatic carbocycles. The van der Waals surface area contributed by atoms with Crippen molar-refractivity contribution in [2.45, 2.75) is 11.8 Å². The highest BCUT2D eigenvalue weighted by Crippen LogP contribution is 2.27. The first-order chi connectivity index (χ1) is 8.63. The largest absolute Gasteiger partial charge is 0.398 e. The van der Waals surface area contributed by atoms with Crippen LogP contribution in [0.1, 0.15) is 21.5 Å². The van der Waals surface area contributed by atoms with Gasteiger partial charge in [0.05, 0.1) is 5.56 Å². The highest BCUT2D eigenvalue weighted by atomic mass is 32.2. The molecule has 3 heteroatoms. The number of nitrogens with two attached hydrogens (primary N) is 1. The van der Waals surface area contributed by atoms with Gasteiger partial charge in [-0.15, -0.1) is 11.8 Å². The van der Waals surface area contributed by atoms with E-state index in [-0.39, 0.29) is 5.78 Å². The fourth-order valence-electron chi connectivity index (χ4n) is 1.81. The maximum absolute atomic E-state index is 12.5. The van der Waals surface area contributed by atoms with E-state index in [4.69, 9.17) is 5.73 Å². The van der Waals surface area contributed by atoms with Crippen LogP contribution in [0.4, 0.5) is 5.69 Å². The van der Waals surface area contributed by atoms with Gasteiger partial charge in [-0.1, -0.05) is 35.9 Å². The molecule has 0 spiro atoms. The van der Waals surface area contributed by atoms with Gasteiger partial charge in [-0.25, -0.2) is 0 Å². The van der Waals surface area contributed by atoms with Crippen LogP contribution in [0.3, 0.4) is 0 Å². The molecule has 0 aliphatic rings. The molecule has 0 unspecified atom stereocenters. The van der Waals surface area contributed by atoms with Crippen LogP contribution in [-0.4, -0.2) is 12.0 Å². The van der Waals surface area contributed by atoms with Crippen LogP contribution in [-0.2, 0) is 0 Å². The van der Waals surface area contributed by atoms with E-state index in [9.17, 15) is 4.79 Å². The molecule has 0 aromatic heterocycles. The van der Waals surface area contributed by atoms with Crippen molar-refractivity contribution in [2.24, 2.45) is 0 Å². The first kappa shape index (κ1) is 12.7. The SMILES string of the molecule is CSc1cccc(N)c1C(=O)c1ccc(C)cc1. The Hall–Kier alpha value is -1.74. The molecule has 0 saturated carbocycles. The Morgan fingerprint density at radius 2 is 1.78 bits per heavy atom. The number of anilines is 1. The van der Waals surface area contributed by atoms with Gasteiger partial charge in [0.2, 0.25) is 0 Å². The summed E-state index contributed by atoms with van der Waals surface area (Å²) in [5.74, 6) is -0.0162. The van der Waals surface area contributed by atoms with E-state index in [1.165, 1.54) is 11.8 Å². The second kappa shape index (κ2) is 5.27. The Labute approximate surface area is 111 Å². The number of benzene rings is 2. The fraction of sp³-hybridized carbons (Fsp3) is 0.133. The maximum atomic E-state index is 12.5. The number of rotatable bonds is 3. The zero-order chi connectivity index (χ0) is 13.1. The van der Waals surface area contributed by atoms with Crippen molar-refractivity contribution in [3.63, 3.8) is 0 Å². The molecule has 2 aromatic rings.